The molecule has 0 saturated carbocycles. The minimum Gasteiger partial charge on any atom is -0.392 e. The number of aliphatic hydroxyl groups is 1. The molecule has 0 bridgehead atoms. The van der Waals surface area contributed by atoms with E-state index >= 15 is 0 Å². The molecule has 15 heavy (non-hydrogen) atoms. The molecule has 1 aromatic rings. The van der Waals surface area contributed by atoms with E-state index in [0.29, 0.717) is 17.3 Å². The van der Waals surface area contributed by atoms with Gasteiger partial charge in [-0.3, -0.25) is 0 Å². The lowest BCUT2D eigenvalue weighted by molar-refractivity contribution is 0.198. The van der Waals surface area contributed by atoms with Crippen molar-refractivity contribution in [2.75, 3.05) is 11.9 Å². The van der Waals surface area contributed by atoms with Gasteiger partial charge in [-0.05, 0) is 43.4 Å². The van der Waals surface area contributed by atoms with Crippen LogP contribution >= 0.6 is 12.2 Å². The predicted molar refractivity (Wildman–Crippen MR) is 62.3 cm³/mol. The molecule has 0 aliphatic rings. The summed E-state index contributed by atoms with van der Waals surface area (Å²) in [6.07, 6.45) is -0.460. The molecule has 0 saturated heterocycles. The molecule has 0 heterocycles. The maximum Gasteiger partial charge on any atom is 0.170 e. The number of anilines is 1. The molecule has 0 radical (unpaired) electrons. The minimum absolute atomic E-state index is 0.289. The first-order valence-corrected chi connectivity index (χ1v) is 4.97. The topological polar surface area (TPSA) is 44.3 Å². The van der Waals surface area contributed by atoms with Crippen molar-refractivity contribution < 1.29 is 9.50 Å². The third kappa shape index (κ3) is 4.71. The Balaban J connectivity index is 2.41. The molecule has 1 unspecified atom stereocenters. The van der Waals surface area contributed by atoms with Crippen molar-refractivity contribution in [2.24, 2.45) is 0 Å². The number of thiocarbonyl (C=S) groups is 1. The Bertz CT molecular complexity index is 327. The quantitative estimate of drug-likeness (QED) is 0.686. The van der Waals surface area contributed by atoms with Crippen LogP contribution in [0.4, 0.5) is 10.1 Å². The van der Waals surface area contributed by atoms with Crippen molar-refractivity contribution in [3.8, 4) is 0 Å². The van der Waals surface area contributed by atoms with Gasteiger partial charge >= 0.3 is 0 Å². The molecule has 0 amide bonds. The van der Waals surface area contributed by atoms with Gasteiger partial charge in [-0.1, -0.05) is 0 Å². The molecule has 3 N–H and O–H groups in total. The van der Waals surface area contributed by atoms with E-state index in [9.17, 15) is 4.39 Å². The highest BCUT2D eigenvalue weighted by molar-refractivity contribution is 7.80. The number of benzene rings is 1. The molecular formula is C10H13FN2OS. The van der Waals surface area contributed by atoms with Crippen LogP contribution in [-0.4, -0.2) is 22.9 Å². The Hall–Kier alpha value is -1.20. The monoisotopic (exact) mass is 228 g/mol. The molecule has 5 heteroatoms. The van der Waals surface area contributed by atoms with Crippen molar-refractivity contribution in [2.45, 2.75) is 13.0 Å². The van der Waals surface area contributed by atoms with Crippen LogP contribution < -0.4 is 10.6 Å². The molecule has 1 aromatic carbocycles. The third-order valence-electron chi connectivity index (χ3n) is 1.66. The average molecular weight is 228 g/mol. The fraction of sp³-hybridized carbons (Fsp3) is 0.300. The van der Waals surface area contributed by atoms with Crippen LogP contribution in [-0.2, 0) is 0 Å². The lowest BCUT2D eigenvalue weighted by Gasteiger charge is -2.11. The van der Waals surface area contributed by atoms with Crippen molar-refractivity contribution in [3.63, 3.8) is 0 Å². The highest BCUT2D eigenvalue weighted by atomic mass is 32.1. The molecule has 1 rings (SSSR count). The summed E-state index contributed by atoms with van der Waals surface area (Å²) in [4.78, 5) is 0. The summed E-state index contributed by atoms with van der Waals surface area (Å²) in [6, 6.07) is 5.87. The summed E-state index contributed by atoms with van der Waals surface area (Å²) < 4.78 is 12.6. The van der Waals surface area contributed by atoms with Crippen LogP contribution in [0.1, 0.15) is 6.92 Å². The normalized spacial score (nSPS) is 11.9. The molecule has 0 spiro atoms. The van der Waals surface area contributed by atoms with E-state index in [2.05, 4.69) is 10.6 Å². The molecule has 0 aliphatic carbocycles. The molecule has 82 valence electrons. The van der Waals surface area contributed by atoms with Gasteiger partial charge < -0.3 is 15.7 Å². The Labute approximate surface area is 93.3 Å². The fourth-order valence-electron chi connectivity index (χ4n) is 0.949. The first-order chi connectivity index (χ1) is 7.08. The van der Waals surface area contributed by atoms with Crippen LogP contribution in [0.3, 0.4) is 0 Å². The van der Waals surface area contributed by atoms with Crippen molar-refractivity contribution >= 4 is 23.0 Å². The zero-order chi connectivity index (χ0) is 11.3. The van der Waals surface area contributed by atoms with Gasteiger partial charge in [-0.2, -0.15) is 0 Å². The lowest BCUT2D eigenvalue weighted by atomic mass is 10.3. The van der Waals surface area contributed by atoms with E-state index in [1.165, 1.54) is 12.1 Å². The summed E-state index contributed by atoms with van der Waals surface area (Å²) in [6.45, 7) is 2.04. The summed E-state index contributed by atoms with van der Waals surface area (Å²) >= 11 is 4.96. The van der Waals surface area contributed by atoms with Gasteiger partial charge in [0.25, 0.3) is 0 Å². The fourth-order valence-corrected chi connectivity index (χ4v) is 1.15. The first kappa shape index (κ1) is 11.9. The minimum atomic E-state index is -0.460. The summed E-state index contributed by atoms with van der Waals surface area (Å²) in [5.41, 5.74) is 0.708. The Morgan fingerprint density at radius 3 is 2.60 bits per heavy atom. The smallest absolute Gasteiger partial charge is 0.170 e. The Kier molecular flexibility index (Phi) is 4.45. The average Bonchev–Trinajstić information content (AvgIpc) is 2.19. The van der Waals surface area contributed by atoms with Crippen LogP contribution in [0.15, 0.2) is 24.3 Å². The standard InChI is InChI=1S/C10H13FN2OS/c1-7(14)6-12-10(15)13-9-4-2-8(11)3-5-9/h2-5,7,14H,6H2,1H3,(H2,12,13,15). The van der Waals surface area contributed by atoms with E-state index in [0.717, 1.165) is 0 Å². The van der Waals surface area contributed by atoms with Crippen LogP contribution in [0.2, 0.25) is 0 Å². The molecule has 0 aromatic heterocycles. The molecule has 3 nitrogen and oxygen atoms in total. The number of nitrogens with one attached hydrogen (secondary N) is 2. The largest absolute Gasteiger partial charge is 0.392 e. The summed E-state index contributed by atoms with van der Waals surface area (Å²) in [5.74, 6) is -0.289. The number of rotatable bonds is 3. The maximum absolute atomic E-state index is 12.6. The zero-order valence-electron chi connectivity index (χ0n) is 8.33. The van der Waals surface area contributed by atoms with E-state index in [4.69, 9.17) is 17.3 Å². The lowest BCUT2D eigenvalue weighted by Crippen LogP contribution is -2.33. The Morgan fingerprint density at radius 2 is 2.07 bits per heavy atom. The van der Waals surface area contributed by atoms with E-state index in [-0.39, 0.29) is 5.82 Å². The van der Waals surface area contributed by atoms with Crippen molar-refractivity contribution in [1.29, 1.82) is 0 Å². The van der Waals surface area contributed by atoms with Crippen LogP contribution in [0.25, 0.3) is 0 Å². The second-order valence-electron chi connectivity index (χ2n) is 3.19. The van der Waals surface area contributed by atoms with Gasteiger partial charge in [0.15, 0.2) is 5.11 Å². The van der Waals surface area contributed by atoms with Crippen molar-refractivity contribution in [3.05, 3.63) is 30.1 Å². The molecule has 0 aliphatic heterocycles. The summed E-state index contributed by atoms with van der Waals surface area (Å²) in [7, 11) is 0. The third-order valence-corrected chi connectivity index (χ3v) is 1.91. The van der Waals surface area contributed by atoms with Crippen LogP contribution in [0.5, 0.6) is 0 Å². The van der Waals surface area contributed by atoms with Gasteiger partial charge in [0.1, 0.15) is 5.82 Å². The second kappa shape index (κ2) is 5.63. The number of aliphatic hydroxyl groups excluding tert-OH is 1. The van der Waals surface area contributed by atoms with E-state index < -0.39 is 6.10 Å². The first-order valence-electron chi connectivity index (χ1n) is 4.56. The van der Waals surface area contributed by atoms with Gasteiger partial charge in [0, 0.05) is 12.2 Å². The number of hydrogen-bond acceptors (Lipinski definition) is 2. The zero-order valence-corrected chi connectivity index (χ0v) is 9.14. The second-order valence-corrected chi connectivity index (χ2v) is 3.60. The predicted octanol–water partition coefficient (Wildman–Crippen LogP) is 1.49. The highest BCUT2D eigenvalue weighted by Crippen LogP contribution is 2.07. The Morgan fingerprint density at radius 1 is 1.47 bits per heavy atom. The molecule has 0 fully saturated rings. The van der Waals surface area contributed by atoms with E-state index in [1.54, 1.807) is 19.1 Å². The molecular weight excluding hydrogens is 215 g/mol. The summed E-state index contributed by atoms with van der Waals surface area (Å²) in [5, 5.41) is 15.1. The number of hydrogen-bond donors (Lipinski definition) is 3. The highest BCUT2D eigenvalue weighted by Gasteiger charge is 1.99. The van der Waals surface area contributed by atoms with Crippen molar-refractivity contribution in [1.82, 2.24) is 5.32 Å². The van der Waals surface area contributed by atoms with E-state index in [1.807, 2.05) is 0 Å². The van der Waals surface area contributed by atoms with Crippen LogP contribution in [0, 0.1) is 5.82 Å². The van der Waals surface area contributed by atoms with Gasteiger partial charge in [-0.25, -0.2) is 4.39 Å². The van der Waals surface area contributed by atoms with Gasteiger partial charge in [-0.15, -0.1) is 0 Å². The number of halogens is 1. The SMILES string of the molecule is CC(O)CNC(=S)Nc1ccc(F)cc1. The molecule has 1 atom stereocenters. The van der Waals surface area contributed by atoms with Gasteiger partial charge in [0.2, 0.25) is 0 Å². The maximum atomic E-state index is 12.6. The van der Waals surface area contributed by atoms with Gasteiger partial charge in [0.05, 0.1) is 6.10 Å².